The molecule has 5 rings (SSSR count). The lowest BCUT2D eigenvalue weighted by Gasteiger charge is -2.17. The first-order chi connectivity index (χ1) is 17.1. The Hall–Kier alpha value is -4.03. The number of nitrogens with one attached hydrogen (secondary N) is 2. The molecule has 2 heterocycles. The second kappa shape index (κ2) is 10.1. The van der Waals surface area contributed by atoms with Crippen molar-refractivity contribution in [1.29, 1.82) is 0 Å². The van der Waals surface area contributed by atoms with Crippen LogP contribution in [0.2, 0.25) is 0 Å². The molecule has 3 aromatic carbocycles. The second-order valence-electron chi connectivity index (χ2n) is 8.27. The van der Waals surface area contributed by atoms with E-state index in [1.807, 2.05) is 18.3 Å². The SMILES string of the molecule is CC/C(=C(/c1ccc(/C=C/C(=O)O)cc1)c1ccc2[nH]ncc2c1)c1ccc(C2=CSCN2)cc1. The number of carboxylic acid groups (broad SMARTS) is 1. The van der Waals surface area contributed by atoms with Gasteiger partial charge in [-0.2, -0.15) is 5.10 Å². The molecular weight excluding hydrogens is 454 g/mol. The molecule has 3 N–H and O–H groups in total. The van der Waals surface area contributed by atoms with Gasteiger partial charge in [0.25, 0.3) is 0 Å². The van der Waals surface area contributed by atoms with E-state index in [1.54, 1.807) is 17.8 Å². The average molecular weight is 480 g/mol. The van der Waals surface area contributed by atoms with Crippen LogP contribution in [-0.2, 0) is 4.79 Å². The first kappa shape index (κ1) is 22.7. The zero-order chi connectivity index (χ0) is 24.2. The molecule has 0 spiro atoms. The van der Waals surface area contributed by atoms with Crippen LogP contribution in [0, 0.1) is 0 Å². The summed E-state index contributed by atoms with van der Waals surface area (Å²) in [5.41, 5.74) is 9.98. The van der Waals surface area contributed by atoms with Gasteiger partial charge in [-0.1, -0.05) is 61.5 Å². The van der Waals surface area contributed by atoms with Crippen molar-refractivity contribution >= 4 is 51.6 Å². The van der Waals surface area contributed by atoms with E-state index in [1.165, 1.54) is 22.4 Å². The first-order valence-electron chi connectivity index (χ1n) is 11.5. The summed E-state index contributed by atoms with van der Waals surface area (Å²) in [6.45, 7) is 2.18. The molecule has 0 bridgehead atoms. The third-order valence-electron chi connectivity index (χ3n) is 6.09. The third kappa shape index (κ3) is 4.93. The number of carboxylic acids is 1. The topological polar surface area (TPSA) is 78.0 Å². The molecule has 0 atom stereocenters. The van der Waals surface area contributed by atoms with Gasteiger partial charge in [-0.3, -0.25) is 5.10 Å². The Kier molecular flexibility index (Phi) is 6.55. The van der Waals surface area contributed by atoms with Crippen LogP contribution in [0.3, 0.4) is 0 Å². The first-order valence-corrected chi connectivity index (χ1v) is 12.5. The van der Waals surface area contributed by atoms with Crippen LogP contribution in [0.1, 0.15) is 41.2 Å². The molecule has 1 aromatic heterocycles. The smallest absolute Gasteiger partial charge is 0.328 e. The normalized spacial score (nSPS) is 14.1. The fraction of sp³-hybridized carbons (Fsp3) is 0.103. The summed E-state index contributed by atoms with van der Waals surface area (Å²) >= 11 is 1.77. The van der Waals surface area contributed by atoms with Crippen LogP contribution in [0.25, 0.3) is 33.8 Å². The minimum atomic E-state index is -0.957. The van der Waals surface area contributed by atoms with Crippen molar-refractivity contribution in [2.45, 2.75) is 13.3 Å². The molecule has 0 fully saturated rings. The summed E-state index contributed by atoms with van der Waals surface area (Å²) in [5, 5.41) is 22.8. The monoisotopic (exact) mass is 479 g/mol. The minimum absolute atomic E-state index is 0.846. The van der Waals surface area contributed by atoms with Crippen molar-refractivity contribution in [2.24, 2.45) is 0 Å². The van der Waals surface area contributed by atoms with Crippen molar-refractivity contribution in [2.75, 3.05) is 5.88 Å². The number of rotatable bonds is 7. The number of hydrogen-bond acceptors (Lipinski definition) is 4. The molecule has 0 amide bonds. The van der Waals surface area contributed by atoms with Crippen LogP contribution in [0.4, 0.5) is 0 Å². The number of thioether (sulfide) groups is 1. The fourth-order valence-electron chi connectivity index (χ4n) is 4.37. The van der Waals surface area contributed by atoms with Gasteiger partial charge >= 0.3 is 5.97 Å². The number of aromatic nitrogens is 2. The molecule has 5 nitrogen and oxygen atoms in total. The highest BCUT2D eigenvalue weighted by atomic mass is 32.2. The maximum atomic E-state index is 10.9. The zero-order valence-corrected chi connectivity index (χ0v) is 20.1. The van der Waals surface area contributed by atoms with Gasteiger partial charge < -0.3 is 10.4 Å². The molecular formula is C29H25N3O2S. The summed E-state index contributed by atoms with van der Waals surface area (Å²) in [4.78, 5) is 10.9. The molecule has 35 heavy (non-hydrogen) atoms. The summed E-state index contributed by atoms with van der Waals surface area (Å²) < 4.78 is 0. The quantitative estimate of drug-likeness (QED) is 0.205. The molecule has 0 radical (unpaired) electrons. The Morgan fingerprint density at radius 1 is 1.03 bits per heavy atom. The standard InChI is InChI=1S/C29H25N3O2S/c1-2-25(20-8-10-21(11-9-20)27-17-35-18-30-27)29(23-12-13-26-24(15-23)16-31-32-26)22-6-3-19(4-7-22)5-14-28(33)34/h3-17,30H,2,18H2,1H3,(H,31,32)(H,33,34)/b14-5+,29-25+. The number of fused-ring (bicyclic) bond motifs is 1. The van der Waals surface area contributed by atoms with Crippen LogP contribution in [0.15, 0.2) is 84.4 Å². The van der Waals surface area contributed by atoms with Crippen molar-refractivity contribution in [3.05, 3.63) is 112 Å². The molecule has 0 saturated heterocycles. The molecule has 0 saturated carbocycles. The van der Waals surface area contributed by atoms with Gasteiger partial charge in [-0.25, -0.2) is 4.79 Å². The average Bonchev–Trinajstić information content (AvgIpc) is 3.59. The summed E-state index contributed by atoms with van der Waals surface area (Å²) in [6.07, 6.45) is 5.47. The van der Waals surface area contributed by atoms with Crippen molar-refractivity contribution in [3.8, 4) is 0 Å². The number of aliphatic carboxylic acids is 1. The maximum Gasteiger partial charge on any atom is 0.328 e. The zero-order valence-electron chi connectivity index (χ0n) is 19.3. The van der Waals surface area contributed by atoms with E-state index in [0.29, 0.717) is 0 Å². The highest BCUT2D eigenvalue weighted by Crippen LogP contribution is 2.36. The van der Waals surface area contributed by atoms with Crippen molar-refractivity contribution in [1.82, 2.24) is 15.5 Å². The molecule has 174 valence electrons. The van der Waals surface area contributed by atoms with Gasteiger partial charge in [0.15, 0.2) is 0 Å². The number of nitrogens with zero attached hydrogens (tertiary/aromatic N) is 1. The minimum Gasteiger partial charge on any atom is -0.478 e. The lowest BCUT2D eigenvalue weighted by atomic mass is 9.87. The van der Waals surface area contributed by atoms with E-state index in [9.17, 15) is 4.79 Å². The summed E-state index contributed by atoms with van der Waals surface area (Å²) in [6, 6.07) is 23.1. The van der Waals surface area contributed by atoms with Gasteiger partial charge in [0.1, 0.15) is 0 Å². The predicted octanol–water partition coefficient (Wildman–Crippen LogP) is 6.62. The van der Waals surface area contributed by atoms with E-state index in [-0.39, 0.29) is 0 Å². The fourth-order valence-corrected chi connectivity index (χ4v) is 5.08. The Morgan fingerprint density at radius 3 is 2.46 bits per heavy atom. The Balaban J connectivity index is 1.63. The molecule has 6 heteroatoms. The highest BCUT2D eigenvalue weighted by molar-refractivity contribution is 8.02. The number of hydrogen-bond donors (Lipinski definition) is 3. The van der Waals surface area contributed by atoms with Crippen LogP contribution >= 0.6 is 11.8 Å². The lowest BCUT2D eigenvalue weighted by molar-refractivity contribution is -0.131. The summed E-state index contributed by atoms with van der Waals surface area (Å²) in [5.74, 6) is -0.0443. The maximum absolute atomic E-state index is 10.9. The van der Waals surface area contributed by atoms with Crippen molar-refractivity contribution in [3.63, 3.8) is 0 Å². The van der Waals surface area contributed by atoms with Crippen molar-refractivity contribution < 1.29 is 9.90 Å². The highest BCUT2D eigenvalue weighted by Gasteiger charge is 2.15. The van der Waals surface area contributed by atoms with Gasteiger partial charge in [-0.05, 0) is 69.0 Å². The molecule has 0 unspecified atom stereocenters. The van der Waals surface area contributed by atoms with E-state index in [2.05, 4.69) is 82.4 Å². The predicted molar refractivity (Wildman–Crippen MR) is 145 cm³/mol. The van der Waals surface area contributed by atoms with Crippen LogP contribution in [-0.4, -0.2) is 27.1 Å². The van der Waals surface area contributed by atoms with Gasteiger partial charge in [0.05, 0.1) is 17.6 Å². The Bertz CT molecular complexity index is 1460. The number of aromatic amines is 1. The number of carbonyl (C=O) groups is 1. The third-order valence-corrected chi connectivity index (χ3v) is 6.81. The number of benzene rings is 3. The van der Waals surface area contributed by atoms with E-state index >= 15 is 0 Å². The van der Waals surface area contributed by atoms with E-state index in [4.69, 9.17) is 5.11 Å². The van der Waals surface area contributed by atoms with Crippen LogP contribution < -0.4 is 5.32 Å². The molecule has 1 aliphatic heterocycles. The second-order valence-corrected chi connectivity index (χ2v) is 9.13. The van der Waals surface area contributed by atoms with E-state index < -0.39 is 5.97 Å². The van der Waals surface area contributed by atoms with Gasteiger partial charge in [0, 0.05) is 17.2 Å². The van der Waals surface area contributed by atoms with Gasteiger partial charge in [-0.15, -0.1) is 11.8 Å². The summed E-state index contributed by atoms with van der Waals surface area (Å²) in [7, 11) is 0. The van der Waals surface area contributed by atoms with E-state index in [0.717, 1.165) is 51.5 Å². The molecule has 4 aromatic rings. The number of H-pyrrole nitrogens is 1. The molecule has 0 aliphatic carbocycles. The molecule has 1 aliphatic rings. The van der Waals surface area contributed by atoms with Crippen LogP contribution in [0.5, 0.6) is 0 Å². The largest absolute Gasteiger partial charge is 0.478 e. The Labute approximate surface area is 208 Å². The lowest BCUT2D eigenvalue weighted by Crippen LogP contribution is -2.05. The Morgan fingerprint density at radius 2 is 1.77 bits per heavy atom. The van der Waals surface area contributed by atoms with Gasteiger partial charge in [0.2, 0.25) is 0 Å². The number of allylic oxidation sites excluding steroid dienone is 1.